The number of rotatable bonds is 5. The second kappa shape index (κ2) is 8.09. The number of piperazine rings is 2. The summed E-state index contributed by atoms with van der Waals surface area (Å²) in [6, 6.07) is 6.67. The fourth-order valence-electron chi connectivity index (χ4n) is 3.35. The van der Waals surface area contributed by atoms with Crippen molar-refractivity contribution in [3.8, 4) is 0 Å². The second-order valence-electron chi connectivity index (χ2n) is 6.83. The van der Waals surface area contributed by atoms with Gasteiger partial charge in [0.1, 0.15) is 5.82 Å². The highest BCUT2D eigenvalue weighted by molar-refractivity contribution is 7.86. The quantitative estimate of drug-likeness (QED) is 0.756. The summed E-state index contributed by atoms with van der Waals surface area (Å²) in [5.74, 6) is -0.208. The Balaban J connectivity index is 1.48. The molecule has 3 rings (SSSR count). The van der Waals surface area contributed by atoms with Gasteiger partial charge in [0.2, 0.25) is 0 Å². The van der Waals surface area contributed by atoms with Crippen molar-refractivity contribution in [3.63, 3.8) is 0 Å². The van der Waals surface area contributed by atoms with Crippen LogP contribution in [-0.4, -0.2) is 92.8 Å². The highest BCUT2D eigenvalue weighted by atomic mass is 32.2. The summed E-state index contributed by atoms with van der Waals surface area (Å²) >= 11 is 0. The molecule has 0 aliphatic carbocycles. The molecule has 2 saturated heterocycles. The summed E-state index contributed by atoms with van der Waals surface area (Å²) in [5.41, 5.74) is 0.979. The van der Waals surface area contributed by atoms with Gasteiger partial charge < -0.3 is 9.80 Å². The molecule has 25 heavy (non-hydrogen) atoms. The third kappa shape index (κ3) is 4.77. The second-order valence-corrected chi connectivity index (χ2v) is 8.76. The Kier molecular flexibility index (Phi) is 6.06. The lowest BCUT2D eigenvalue weighted by molar-refractivity contribution is 0.170. The van der Waals surface area contributed by atoms with Gasteiger partial charge >= 0.3 is 0 Å². The van der Waals surface area contributed by atoms with Crippen molar-refractivity contribution in [2.24, 2.45) is 0 Å². The predicted molar refractivity (Wildman–Crippen MR) is 96.1 cm³/mol. The Hall–Kier alpha value is -1.06. The van der Waals surface area contributed by atoms with Crippen LogP contribution >= 0.6 is 0 Å². The average Bonchev–Trinajstić information content (AvgIpc) is 2.61. The standard InChI is InChI=1S/C17H27FN4O2S/c1-19-7-11-21(12-8-19)25(23,24)22-13-9-20(10-14-22)6-5-16-3-2-4-17(18)15-16/h2-4,15H,5-14H2,1H3. The van der Waals surface area contributed by atoms with Crippen LogP contribution in [0.2, 0.25) is 0 Å². The molecule has 0 spiro atoms. The lowest BCUT2D eigenvalue weighted by Gasteiger charge is -2.39. The number of hydrogen-bond acceptors (Lipinski definition) is 4. The molecule has 0 bridgehead atoms. The van der Waals surface area contributed by atoms with E-state index in [4.69, 9.17) is 0 Å². The van der Waals surface area contributed by atoms with Crippen LogP contribution in [-0.2, 0) is 16.6 Å². The number of benzene rings is 1. The fourth-order valence-corrected chi connectivity index (χ4v) is 4.92. The third-order valence-electron chi connectivity index (χ3n) is 5.05. The van der Waals surface area contributed by atoms with Crippen LogP contribution in [0.4, 0.5) is 4.39 Å². The van der Waals surface area contributed by atoms with Crippen LogP contribution in [0.5, 0.6) is 0 Å². The van der Waals surface area contributed by atoms with Crippen molar-refractivity contribution in [2.45, 2.75) is 6.42 Å². The summed E-state index contributed by atoms with van der Waals surface area (Å²) in [6.45, 7) is 6.03. The first kappa shape index (κ1) is 18.7. The van der Waals surface area contributed by atoms with E-state index >= 15 is 0 Å². The van der Waals surface area contributed by atoms with Gasteiger partial charge in [-0.1, -0.05) is 12.1 Å². The van der Waals surface area contributed by atoms with Crippen molar-refractivity contribution < 1.29 is 12.8 Å². The Morgan fingerprint density at radius 3 is 2.16 bits per heavy atom. The van der Waals surface area contributed by atoms with E-state index in [0.29, 0.717) is 26.2 Å². The molecule has 2 aliphatic heterocycles. The van der Waals surface area contributed by atoms with E-state index in [1.807, 2.05) is 13.1 Å². The topological polar surface area (TPSA) is 47.1 Å². The monoisotopic (exact) mass is 370 g/mol. The van der Waals surface area contributed by atoms with Crippen LogP contribution in [0.15, 0.2) is 24.3 Å². The van der Waals surface area contributed by atoms with Crippen molar-refractivity contribution >= 4 is 10.2 Å². The zero-order valence-corrected chi connectivity index (χ0v) is 15.6. The van der Waals surface area contributed by atoms with E-state index < -0.39 is 10.2 Å². The van der Waals surface area contributed by atoms with Crippen LogP contribution in [0.1, 0.15) is 5.56 Å². The lowest BCUT2D eigenvalue weighted by Crippen LogP contribution is -2.56. The molecule has 0 atom stereocenters. The van der Waals surface area contributed by atoms with E-state index in [1.165, 1.54) is 6.07 Å². The van der Waals surface area contributed by atoms with Crippen LogP contribution in [0.3, 0.4) is 0 Å². The van der Waals surface area contributed by atoms with Crippen LogP contribution in [0.25, 0.3) is 0 Å². The van der Waals surface area contributed by atoms with Gasteiger partial charge in [0.25, 0.3) is 10.2 Å². The molecule has 1 aromatic rings. The molecule has 8 heteroatoms. The predicted octanol–water partition coefficient (Wildman–Crippen LogP) is 0.478. The largest absolute Gasteiger partial charge is 0.304 e. The van der Waals surface area contributed by atoms with E-state index in [9.17, 15) is 12.8 Å². The maximum atomic E-state index is 13.2. The number of nitrogens with zero attached hydrogens (tertiary/aromatic N) is 4. The maximum Gasteiger partial charge on any atom is 0.282 e. The van der Waals surface area contributed by atoms with Crippen molar-refractivity contribution in [2.75, 3.05) is 66.0 Å². The summed E-state index contributed by atoms with van der Waals surface area (Å²) in [7, 11) is -1.33. The lowest BCUT2D eigenvalue weighted by atomic mass is 10.1. The first-order valence-electron chi connectivity index (χ1n) is 8.86. The van der Waals surface area contributed by atoms with Crippen molar-refractivity contribution in [3.05, 3.63) is 35.6 Å². The average molecular weight is 370 g/mol. The normalized spacial score (nSPS) is 22.3. The molecule has 0 saturated carbocycles. The number of halogens is 1. The maximum absolute atomic E-state index is 13.2. The summed E-state index contributed by atoms with van der Waals surface area (Å²) < 4.78 is 41.9. The molecule has 140 valence electrons. The first-order valence-corrected chi connectivity index (χ1v) is 10.3. The zero-order chi connectivity index (χ0) is 17.9. The molecule has 0 amide bonds. The van der Waals surface area contributed by atoms with E-state index in [-0.39, 0.29) is 5.82 Å². The number of hydrogen-bond donors (Lipinski definition) is 0. The fraction of sp³-hybridized carbons (Fsp3) is 0.647. The van der Waals surface area contributed by atoms with Gasteiger partial charge in [0, 0.05) is 58.9 Å². The molecule has 2 heterocycles. The molecule has 0 unspecified atom stereocenters. The molecule has 2 fully saturated rings. The Morgan fingerprint density at radius 2 is 1.56 bits per heavy atom. The van der Waals surface area contributed by atoms with Gasteiger partial charge in [-0.25, -0.2) is 4.39 Å². The Labute approximate surface area is 150 Å². The molecular weight excluding hydrogens is 343 g/mol. The molecule has 6 nitrogen and oxygen atoms in total. The zero-order valence-electron chi connectivity index (χ0n) is 14.8. The smallest absolute Gasteiger partial charge is 0.282 e. The minimum Gasteiger partial charge on any atom is -0.304 e. The summed E-state index contributed by atoms with van der Waals surface area (Å²) in [5, 5.41) is 0. The minimum atomic E-state index is -3.34. The third-order valence-corrected chi connectivity index (χ3v) is 7.09. The summed E-state index contributed by atoms with van der Waals surface area (Å²) in [4.78, 5) is 4.40. The van der Waals surface area contributed by atoms with Gasteiger partial charge in [-0.15, -0.1) is 0 Å². The Bertz CT molecular complexity index is 669. The van der Waals surface area contributed by atoms with E-state index in [0.717, 1.165) is 44.7 Å². The van der Waals surface area contributed by atoms with Crippen LogP contribution in [0, 0.1) is 5.82 Å². The highest BCUT2D eigenvalue weighted by Crippen LogP contribution is 2.15. The van der Waals surface area contributed by atoms with Crippen molar-refractivity contribution in [1.82, 2.24) is 18.4 Å². The SMILES string of the molecule is CN1CCN(S(=O)(=O)N2CCN(CCc3cccc(F)c3)CC2)CC1. The van der Waals surface area contributed by atoms with Crippen molar-refractivity contribution in [1.29, 1.82) is 0 Å². The summed E-state index contributed by atoms with van der Waals surface area (Å²) in [6.07, 6.45) is 0.781. The molecule has 0 aromatic heterocycles. The highest BCUT2D eigenvalue weighted by Gasteiger charge is 2.33. The number of likely N-dealkylation sites (N-methyl/N-ethyl adjacent to an activating group) is 1. The molecular formula is C17H27FN4O2S. The minimum absolute atomic E-state index is 0.208. The molecule has 1 aromatic carbocycles. The molecule has 0 N–H and O–H groups in total. The van der Waals surface area contributed by atoms with Gasteiger partial charge in [-0.05, 0) is 31.2 Å². The van der Waals surface area contributed by atoms with E-state index in [2.05, 4.69) is 9.80 Å². The van der Waals surface area contributed by atoms with Gasteiger partial charge in [0.15, 0.2) is 0 Å². The van der Waals surface area contributed by atoms with Gasteiger partial charge in [0.05, 0.1) is 0 Å². The van der Waals surface area contributed by atoms with Crippen LogP contribution < -0.4 is 0 Å². The van der Waals surface area contributed by atoms with Gasteiger partial charge in [-0.3, -0.25) is 0 Å². The van der Waals surface area contributed by atoms with Gasteiger partial charge in [-0.2, -0.15) is 17.0 Å². The first-order chi connectivity index (χ1) is 11.9. The molecule has 0 radical (unpaired) electrons. The Morgan fingerprint density at radius 1 is 0.960 bits per heavy atom. The van der Waals surface area contributed by atoms with E-state index in [1.54, 1.807) is 20.7 Å². The molecule has 2 aliphatic rings.